The van der Waals surface area contributed by atoms with Crippen LogP contribution in [-0.4, -0.2) is 87.0 Å². The Balaban J connectivity index is 1.62. The van der Waals surface area contributed by atoms with Gasteiger partial charge in [0, 0.05) is 45.8 Å². The van der Waals surface area contributed by atoms with Gasteiger partial charge in [-0.25, -0.2) is 12.7 Å². The van der Waals surface area contributed by atoms with E-state index in [9.17, 15) is 18.3 Å². The summed E-state index contributed by atoms with van der Waals surface area (Å²) in [5.41, 5.74) is 2.01. The lowest BCUT2D eigenvalue weighted by Gasteiger charge is -2.30. The number of aliphatic hydroxyl groups excluding tert-OH is 1. The Morgan fingerprint density at radius 1 is 1.00 bits per heavy atom. The minimum absolute atomic E-state index is 0.157. The van der Waals surface area contributed by atoms with Gasteiger partial charge in [0.25, 0.3) is 5.91 Å². The number of morpholine rings is 1. The minimum atomic E-state index is -3.58. The predicted molar refractivity (Wildman–Crippen MR) is 130 cm³/mol. The molecule has 0 radical (unpaired) electrons. The lowest BCUT2D eigenvalue weighted by molar-refractivity contribution is -0.129. The largest absolute Gasteiger partial charge is 0.503 e. The average molecular weight is 486 g/mol. The van der Waals surface area contributed by atoms with E-state index in [1.807, 2.05) is 30.3 Å². The molecule has 1 atom stereocenters. The number of hydrogen-bond acceptors (Lipinski definition) is 6. The second kappa shape index (κ2) is 10.3. The summed E-state index contributed by atoms with van der Waals surface area (Å²) in [5, 5.41) is 10.9. The SMILES string of the molecule is CN(C)S(=O)(=O)c1ccc(C2=C(O)C(=O)N(CCCN3CCOCC3)[C@H]2c2ccccc2)cc1. The molecule has 34 heavy (non-hydrogen) atoms. The molecule has 4 rings (SSSR count). The van der Waals surface area contributed by atoms with Crippen LogP contribution in [0.15, 0.2) is 65.3 Å². The molecule has 0 aromatic heterocycles. The Labute approximate surface area is 201 Å². The molecule has 2 heterocycles. The van der Waals surface area contributed by atoms with E-state index in [0.29, 0.717) is 17.7 Å². The number of nitrogens with zero attached hydrogens (tertiary/aromatic N) is 3. The summed E-state index contributed by atoms with van der Waals surface area (Å²) in [4.78, 5) is 17.3. The molecule has 0 bridgehead atoms. The molecular formula is C25H31N3O5S. The molecule has 0 aliphatic carbocycles. The van der Waals surface area contributed by atoms with Crippen molar-refractivity contribution in [3.8, 4) is 0 Å². The van der Waals surface area contributed by atoms with Gasteiger partial charge in [-0.1, -0.05) is 42.5 Å². The summed E-state index contributed by atoms with van der Waals surface area (Å²) in [6, 6.07) is 15.5. The zero-order valence-corrected chi connectivity index (χ0v) is 20.4. The first-order valence-corrected chi connectivity index (χ1v) is 12.9. The Bertz CT molecular complexity index is 1140. The molecule has 1 N–H and O–H groups in total. The first-order chi connectivity index (χ1) is 16.3. The molecule has 2 aliphatic rings. The highest BCUT2D eigenvalue weighted by atomic mass is 32.2. The van der Waals surface area contributed by atoms with Crippen LogP contribution in [0.25, 0.3) is 5.57 Å². The van der Waals surface area contributed by atoms with E-state index in [1.165, 1.54) is 26.2 Å². The molecule has 2 aromatic carbocycles. The van der Waals surface area contributed by atoms with Gasteiger partial charge in [-0.2, -0.15) is 0 Å². The topological polar surface area (TPSA) is 90.4 Å². The molecule has 182 valence electrons. The molecule has 2 aliphatic heterocycles. The maximum absolute atomic E-state index is 13.2. The molecule has 1 fully saturated rings. The standard InChI is InChI=1S/C25H31N3O5S/c1-26(2)34(31,32)21-11-9-19(10-12-21)22-23(20-7-4-3-5-8-20)28(25(30)24(22)29)14-6-13-27-15-17-33-18-16-27/h3-5,7-12,23,29H,6,13-18H2,1-2H3/t23-/m0/s1. The summed E-state index contributed by atoms with van der Waals surface area (Å²) in [7, 11) is -0.618. The summed E-state index contributed by atoms with van der Waals surface area (Å²) >= 11 is 0. The van der Waals surface area contributed by atoms with Gasteiger partial charge in [0.2, 0.25) is 10.0 Å². The molecule has 1 amide bonds. The fourth-order valence-corrected chi connectivity index (χ4v) is 5.37. The summed E-state index contributed by atoms with van der Waals surface area (Å²) in [5.74, 6) is -0.695. The summed E-state index contributed by atoms with van der Waals surface area (Å²) < 4.78 is 31.5. The third kappa shape index (κ3) is 4.88. The molecular weight excluding hydrogens is 454 g/mol. The second-order valence-electron chi connectivity index (χ2n) is 8.69. The van der Waals surface area contributed by atoms with Crippen LogP contribution in [0, 0.1) is 0 Å². The van der Waals surface area contributed by atoms with Gasteiger partial charge in [-0.3, -0.25) is 9.69 Å². The van der Waals surface area contributed by atoms with Gasteiger partial charge >= 0.3 is 0 Å². The number of rotatable bonds is 8. The van der Waals surface area contributed by atoms with Crippen molar-refractivity contribution in [1.29, 1.82) is 0 Å². The third-order valence-electron chi connectivity index (χ3n) is 6.34. The first-order valence-electron chi connectivity index (χ1n) is 11.4. The van der Waals surface area contributed by atoms with E-state index in [1.54, 1.807) is 17.0 Å². The Morgan fingerprint density at radius 2 is 1.65 bits per heavy atom. The maximum Gasteiger partial charge on any atom is 0.289 e. The van der Waals surface area contributed by atoms with Crippen molar-refractivity contribution in [2.24, 2.45) is 0 Å². The maximum atomic E-state index is 13.2. The zero-order chi connectivity index (χ0) is 24.3. The van der Waals surface area contributed by atoms with E-state index >= 15 is 0 Å². The highest BCUT2D eigenvalue weighted by Crippen LogP contribution is 2.43. The van der Waals surface area contributed by atoms with E-state index in [2.05, 4.69) is 4.90 Å². The molecule has 0 spiro atoms. The van der Waals surface area contributed by atoms with Crippen molar-refractivity contribution in [1.82, 2.24) is 14.1 Å². The van der Waals surface area contributed by atoms with E-state index in [-0.39, 0.29) is 10.7 Å². The van der Waals surface area contributed by atoms with Crippen LogP contribution in [0.5, 0.6) is 0 Å². The molecule has 9 heteroatoms. The van der Waals surface area contributed by atoms with Gasteiger partial charge in [0.15, 0.2) is 5.76 Å². The van der Waals surface area contributed by atoms with Crippen molar-refractivity contribution in [2.45, 2.75) is 17.4 Å². The van der Waals surface area contributed by atoms with Crippen LogP contribution >= 0.6 is 0 Å². The number of carbonyl (C=O) groups is 1. The van der Waals surface area contributed by atoms with Gasteiger partial charge in [0.1, 0.15) is 0 Å². The lowest BCUT2D eigenvalue weighted by atomic mass is 9.93. The van der Waals surface area contributed by atoms with E-state index in [4.69, 9.17) is 4.74 Å². The quantitative estimate of drug-likeness (QED) is 0.618. The highest BCUT2D eigenvalue weighted by molar-refractivity contribution is 7.89. The number of hydrogen-bond donors (Lipinski definition) is 1. The Kier molecular flexibility index (Phi) is 7.37. The number of sulfonamides is 1. The van der Waals surface area contributed by atoms with Crippen molar-refractivity contribution < 1.29 is 23.1 Å². The molecule has 2 aromatic rings. The van der Waals surface area contributed by atoms with Crippen LogP contribution in [0.1, 0.15) is 23.6 Å². The number of benzene rings is 2. The Morgan fingerprint density at radius 3 is 2.26 bits per heavy atom. The minimum Gasteiger partial charge on any atom is -0.503 e. The molecule has 8 nitrogen and oxygen atoms in total. The van der Waals surface area contributed by atoms with Crippen LogP contribution in [0.4, 0.5) is 0 Å². The van der Waals surface area contributed by atoms with Gasteiger partial charge < -0.3 is 14.7 Å². The number of carbonyl (C=O) groups excluding carboxylic acids is 1. The monoisotopic (exact) mass is 485 g/mol. The van der Waals surface area contributed by atoms with Crippen LogP contribution in [0.2, 0.25) is 0 Å². The van der Waals surface area contributed by atoms with Crippen molar-refractivity contribution in [2.75, 3.05) is 53.5 Å². The van der Waals surface area contributed by atoms with Crippen LogP contribution < -0.4 is 0 Å². The van der Waals surface area contributed by atoms with Gasteiger partial charge in [-0.05, 0) is 29.7 Å². The van der Waals surface area contributed by atoms with Crippen molar-refractivity contribution in [3.05, 3.63) is 71.5 Å². The highest BCUT2D eigenvalue weighted by Gasteiger charge is 2.40. The Hall–Kier alpha value is -2.72. The van der Waals surface area contributed by atoms with Crippen molar-refractivity contribution in [3.63, 3.8) is 0 Å². The van der Waals surface area contributed by atoms with E-state index in [0.717, 1.165) is 49.1 Å². The average Bonchev–Trinajstić information content (AvgIpc) is 3.10. The molecule has 0 saturated carbocycles. The molecule has 0 unspecified atom stereocenters. The number of aliphatic hydroxyl groups is 1. The third-order valence-corrected chi connectivity index (χ3v) is 8.17. The summed E-state index contributed by atoms with van der Waals surface area (Å²) in [6.07, 6.45) is 0.773. The number of amides is 1. The molecule has 1 saturated heterocycles. The van der Waals surface area contributed by atoms with Gasteiger partial charge in [-0.15, -0.1) is 0 Å². The lowest BCUT2D eigenvalue weighted by Crippen LogP contribution is -2.39. The fraction of sp³-hybridized carbons (Fsp3) is 0.400. The normalized spacial score (nSPS) is 19.9. The van der Waals surface area contributed by atoms with Crippen LogP contribution in [-0.2, 0) is 19.6 Å². The zero-order valence-electron chi connectivity index (χ0n) is 19.6. The van der Waals surface area contributed by atoms with Crippen molar-refractivity contribution >= 4 is 21.5 Å². The van der Waals surface area contributed by atoms with Crippen LogP contribution in [0.3, 0.4) is 0 Å². The summed E-state index contributed by atoms with van der Waals surface area (Å²) in [6.45, 7) is 4.56. The number of ether oxygens (including phenoxy) is 1. The second-order valence-corrected chi connectivity index (χ2v) is 10.8. The van der Waals surface area contributed by atoms with E-state index < -0.39 is 22.0 Å². The fourth-order valence-electron chi connectivity index (χ4n) is 4.47. The predicted octanol–water partition coefficient (Wildman–Crippen LogP) is 2.51. The first kappa shape index (κ1) is 24.4. The smallest absolute Gasteiger partial charge is 0.289 e. The van der Waals surface area contributed by atoms with Gasteiger partial charge in [0.05, 0.1) is 24.2 Å².